The molecule has 0 bridgehead atoms. The first kappa shape index (κ1) is 10.8. The minimum atomic E-state index is 0.888. The van der Waals surface area contributed by atoms with Crippen LogP contribution in [0.15, 0.2) is 60.8 Å². The van der Waals surface area contributed by atoms with E-state index >= 15 is 0 Å². The normalized spacial score (nSPS) is 10.5. The molecule has 1 heterocycles. The highest BCUT2D eigenvalue weighted by atomic mass is 14.9. The number of anilines is 1. The first-order valence-corrected chi connectivity index (χ1v) is 6.00. The predicted molar refractivity (Wildman–Crippen MR) is 76.7 cm³/mol. The highest BCUT2D eigenvalue weighted by molar-refractivity contribution is 5.96. The monoisotopic (exact) mass is 234 g/mol. The van der Waals surface area contributed by atoms with Crippen molar-refractivity contribution in [1.82, 2.24) is 4.98 Å². The average Bonchev–Trinajstić information content (AvgIpc) is 2.47. The molecule has 3 rings (SSSR count). The summed E-state index contributed by atoms with van der Waals surface area (Å²) < 4.78 is 0. The van der Waals surface area contributed by atoms with Gasteiger partial charge in [0.2, 0.25) is 0 Å². The van der Waals surface area contributed by atoms with Crippen LogP contribution >= 0.6 is 0 Å². The Morgan fingerprint density at radius 2 is 1.72 bits per heavy atom. The number of hydrogen-bond donors (Lipinski definition) is 1. The predicted octanol–water partition coefficient (Wildman–Crippen LogP) is 3.94. The van der Waals surface area contributed by atoms with E-state index in [2.05, 4.69) is 58.8 Å². The molecule has 3 aromatic rings. The van der Waals surface area contributed by atoms with E-state index in [1.165, 1.54) is 16.3 Å². The van der Waals surface area contributed by atoms with Crippen molar-refractivity contribution in [2.45, 2.75) is 0 Å². The lowest BCUT2D eigenvalue weighted by Crippen LogP contribution is -1.91. The van der Waals surface area contributed by atoms with Crippen molar-refractivity contribution in [3.05, 3.63) is 60.8 Å². The Balaban J connectivity index is 2.18. The van der Waals surface area contributed by atoms with Crippen LogP contribution in [0.5, 0.6) is 0 Å². The van der Waals surface area contributed by atoms with E-state index in [0.29, 0.717) is 0 Å². The molecule has 0 aliphatic carbocycles. The SMILES string of the molecule is CNc1ccc(-c2cccc3ccccc23)cn1. The van der Waals surface area contributed by atoms with Crippen LogP contribution in [0.4, 0.5) is 5.82 Å². The molecule has 2 aromatic carbocycles. The van der Waals surface area contributed by atoms with Gasteiger partial charge in [-0.2, -0.15) is 0 Å². The molecule has 0 atom stereocenters. The Kier molecular flexibility index (Phi) is 2.69. The lowest BCUT2D eigenvalue weighted by Gasteiger charge is -2.07. The minimum Gasteiger partial charge on any atom is -0.373 e. The summed E-state index contributed by atoms with van der Waals surface area (Å²) in [7, 11) is 1.87. The molecule has 0 spiro atoms. The molecule has 2 heteroatoms. The first-order chi connectivity index (χ1) is 8.88. The third kappa shape index (κ3) is 1.82. The fourth-order valence-corrected chi connectivity index (χ4v) is 2.18. The molecule has 0 saturated heterocycles. The lowest BCUT2D eigenvalue weighted by atomic mass is 10.00. The molecule has 0 amide bonds. The molecule has 1 aromatic heterocycles. The highest BCUT2D eigenvalue weighted by Crippen LogP contribution is 2.28. The Hall–Kier alpha value is -2.35. The second-order valence-corrected chi connectivity index (χ2v) is 4.21. The Morgan fingerprint density at radius 1 is 0.889 bits per heavy atom. The van der Waals surface area contributed by atoms with Crippen LogP contribution < -0.4 is 5.32 Å². The van der Waals surface area contributed by atoms with E-state index in [1.54, 1.807) is 0 Å². The second kappa shape index (κ2) is 4.49. The largest absolute Gasteiger partial charge is 0.373 e. The first-order valence-electron chi connectivity index (χ1n) is 6.00. The number of nitrogens with one attached hydrogen (secondary N) is 1. The van der Waals surface area contributed by atoms with E-state index in [4.69, 9.17) is 0 Å². The van der Waals surface area contributed by atoms with E-state index in [0.717, 1.165) is 11.4 Å². The number of rotatable bonds is 2. The molecule has 18 heavy (non-hydrogen) atoms. The Morgan fingerprint density at radius 3 is 2.50 bits per heavy atom. The van der Waals surface area contributed by atoms with Crippen LogP contribution in [0.25, 0.3) is 21.9 Å². The van der Waals surface area contributed by atoms with E-state index in [-0.39, 0.29) is 0 Å². The molecule has 0 saturated carbocycles. The number of fused-ring (bicyclic) bond motifs is 1. The van der Waals surface area contributed by atoms with Gasteiger partial charge in [-0.05, 0) is 28.5 Å². The van der Waals surface area contributed by atoms with Gasteiger partial charge in [-0.15, -0.1) is 0 Å². The zero-order valence-corrected chi connectivity index (χ0v) is 10.2. The maximum Gasteiger partial charge on any atom is 0.125 e. The number of nitrogens with zero attached hydrogens (tertiary/aromatic N) is 1. The molecule has 0 radical (unpaired) electrons. The quantitative estimate of drug-likeness (QED) is 0.726. The third-order valence-electron chi connectivity index (χ3n) is 3.12. The standard InChI is InChI=1S/C16H14N2/c1-17-16-10-9-13(11-18-16)15-8-4-6-12-5-2-3-7-14(12)15/h2-11H,1H3,(H,17,18). The summed E-state index contributed by atoms with van der Waals surface area (Å²) >= 11 is 0. The van der Waals surface area contributed by atoms with E-state index < -0.39 is 0 Å². The zero-order valence-electron chi connectivity index (χ0n) is 10.2. The molecule has 0 aliphatic rings. The van der Waals surface area contributed by atoms with Gasteiger partial charge in [0.1, 0.15) is 5.82 Å². The Labute approximate surface area is 106 Å². The van der Waals surface area contributed by atoms with Crippen LogP contribution in [0.3, 0.4) is 0 Å². The van der Waals surface area contributed by atoms with Gasteiger partial charge < -0.3 is 5.32 Å². The van der Waals surface area contributed by atoms with Crippen LogP contribution in [0, 0.1) is 0 Å². The second-order valence-electron chi connectivity index (χ2n) is 4.21. The zero-order chi connectivity index (χ0) is 12.4. The molecule has 2 nitrogen and oxygen atoms in total. The van der Waals surface area contributed by atoms with E-state index in [9.17, 15) is 0 Å². The molecule has 0 fully saturated rings. The summed E-state index contributed by atoms with van der Waals surface area (Å²) in [5, 5.41) is 5.55. The third-order valence-corrected chi connectivity index (χ3v) is 3.12. The molecule has 0 unspecified atom stereocenters. The number of hydrogen-bond acceptors (Lipinski definition) is 2. The maximum atomic E-state index is 4.37. The summed E-state index contributed by atoms with van der Waals surface area (Å²) in [4.78, 5) is 4.37. The summed E-state index contributed by atoms with van der Waals surface area (Å²) in [6, 6.07) is 18.9. The summed E-state index contributed by atoms with van der Waals surface area (Å²) in [5.74, 6) is 0.888. The smallest absolute Gasteiger partial charge is 0.125 e. The van der Waals surface area contributed by atoms with Gasteiger partial charge in [-0.3, -0.25) is 0 Å². The van der Waals surface area contributed by atoms with Crippen LogP contribution in [-0.4, -0.2) is 12.0 Å². The molecule has 0 aliphatic heterocycles. The number of aromatic nitrogens is 1. The van der Waals surface area contributed by atoms with Crippen molar-refractivity contribution >= 4 is 16.6 Å². The van der Waals surface area contributed by atoms with Gasteiger partial charge in [0, 0.05) is 18.8 Å². The van der Waals surface area contributed by atoms with Gasteiger partial charge >= 0.3 is 0 Å². The van der Waals surface area contributed by atoms with E-state index in [1.807, 2.05) is 19.3 Å². The lowest BCUT2D eigenvalue weighted by molar-refractivity contribution is 1.29. The molecular formula is C16H14N2. The topological polar surface area (TPSA) is 24.9 Å². The minimum absolute atomic E-state index is 0.888. The number of pyridine rings is 1. The van der Waals surface area contributed by atoms with Gasteiger partial charge in [-0.25, -0.2) is 4.98 Å². The van der Waals surface area contributed by atoms with Crippen molar-refractivity contribution in [1.29, 1.82) is 0 Å². The van der Waals surface area contributed by atoms with Crippen LogP contribution in [0.1, 0.15) is 0 Å². The van der Waals surface area contributed by atoms with Gasteiger partial charge in [0.15, 0.2) is 0 Å². The summed E-state index contributed by atoms with van der Waals surface area (Å²) in [6.07, 6.45) is 1.91. The van der Waals surface area contributed by atoms with Crippen molar-refractivity contribution < 1.29 is 0 Å². The Bertz CT molecular complexity index is 667. The fraction of sp³-hybridized carbons (Fsp3) is 0.0625. The van der Waals surface area contributed by atoms with Crippen molar-refractivity contribution in [3.8, 4) is 11.1 Å². The van der Waals surface area contributed by atoms with Gasteiger partial charge in [0.05, 0.1) is 0 Å². The fourth-order valence-electron chi connectivity index (χ4n) is 2.18. The number of benzene rings is 2. The summed E-state index contributed by atoms with van der Waals surface area (Å²) in [6.45, 7) is 0. The molecule has 88 valence electrons. The molecular weight excluding hydrogens is 220 g/mol. The van der Waals surface area contributed by atoms with Crippen LogP contribution in [0.2, 0.25) is 0 Å². The van der Waals surface area contributed by atoms with Gasteiger partial charge in [-0.1, -0.05) is 42.5 Å². The van der Waals surface area contributed by atoms with Gasteiger partial charge in [0.25, 0.3) is 0 Å². The van der Waals surface area contributed by atoms with Crippen LogP contribution in [-0.2, 0) is 0 Å². The average molecular weight is 234 g/mol. The van der Waals surface area contributed by atoms with Crippen molar-refractivity contribution in [3.63, 3.8) is 0 Å². The van der Waals surface area contributed by atoms with Crippen molar-refractivity contribution in [2.24, 2.45) is 0 Å². The maximum absolute atomic E-state index is 4.37. The summed E-state index contributed by atoms with van der Waals surface area (Å²) in [5.41, 5.74) is 2.37. The van der Waals surface area contributed by atoms with Crippen molar-refractivity contribution in [2.75, 3.05) is 12.4 Å². The molecule has 1 N–H and O–H groups in total. The highest BCUT2D eigenvalue weighted by Gasteiger charge is 2.03.